The molecule has 10 heteroatoms. The zero-order chi connectivity index (χ0) is 19.8. The number of hydrogen-bond donors (Lipinski definition) is 3. The van der Waals surface area contributed by atoms with E-state index in [0.29, 0.717) is 22.1 Å². The number of nitrogens with zero attached hydrogens (tertiary/aromatic N) is 3. The lowest BCUT2D eigenvalue weighted by Gasteiger charge is -2.05. The van der Waals surface area contributed by atoms with Gasteiger partial charge in [0.25, 0.3) is 11.8 Å². The van der Waals surface area contributed by atoms with Crippen molar-refractivity contribution in [1.29, 1.82) is 0 Å². The standard InChI is InChI=1S/C18H16N6O2S2/c1-9-5-12(10(2)24(9)18-20-3-4-27-18)16(26)23-17-22-14(8-28-17)11-6-13(15(19)25)21-7-11/h3-8,21H,1-2H3,(H2,19,25)(H,22,23,26). The molecular formula is C18H16N6O2S2. The van der Waals surface area contributed by atoms with E-state index >= 15 is 0 Å². The Morgan fingerprint density at radius 3 is 2.75 bits per heavy atom. The molecule has 4 rings (SSSR count). The van der Waals surface area contributed by atoms with Gasteiger partial charge in [0.15, 0.2) is 10.3 Å². The van der Waals surface area contributed by atoms with Gasteiger partial charge in [-0.2, -0.15) is 0 Å². The van der Waals surface area contributed by atoms with Gasteiger partial charge in [-0.25, -0.2) is 9.97 Å². The van der Waals surface area contributed by atoms with Gasteiger partial charge in [-0.3, -0.25) is 19.5 Å². The van der Waals surface area contributed by atoms with Crippen LogP contribution in [0.5, 0.6) is 0 Å². The van der Waals surface area contributed by atoms with E-state index < -0.39 is 5.91 Å². The van der Waals surface area contributed by atoms with Gasteiger partial charge in [-0.15, -0.1) is 22.7 Å². The van der Waals surface area contributed by atoms with E-state index in [1.54, 1.807) is 18.5 Å². The van der Waals surface area contributed by atoms with Gasteiger partial charge in [0.05, 0.1) is 11.3 Å². The van der Waals surface area contributed by atoms with Gasteiger partial charge < -0.3 is 10.7 Å². The van der Waals surface area contributed by atoms with E-state index in [1.807, 2.05) is 35.2 Å². The number of H-pyrrole nitrogens is 1. The average Bonchev–Trinajstić information content (AvgIpc) is 3.41. The fourth-order valence-electron chi connectivity index (χ4n) is 2.93. The SMILES string of the molecule is Cc1cc(C(=O)Nc2nc(-c3c[nH]c(C(N)=O)c3)cs2)c(C)n1-c1nccs1. The first-order valence-electron chi connectivity index (χ1n) is 8.28. The van der Waals surface area contributed by atoms with Gasteiger partial charge in [-0.05, 0) is 26.0 Å². The van der Waals surface area contributed by atoms with E-state index in [-0.39, 0.29) is 5.91 Å². The van der Waals surface area contributed by atoms with Crippen molar-refractivity contribution in [2.45, 2.75) is 13.8 Å². The number of aromatic nitrogens is 4. The maximum atomic E-state index is 12.8. The molecule has 0 saturated carbocycles. The van der Waals surface area contributed by atoms with Crippen LogP contribution in [0.2, 0.25) is 0 Å². The van der Waals surface area contributed by atoms with Crippen molar-refractivity contribution in [3.05, 3.63) is 57.9 Å². The lowest BCUT2D eigenvalue weighted by atomic mass is 10.2. The van der Waals surface area contributed by atoms with Crippen LogP contribution in [0.15, 0.2) is 35.3 Å². The highest BCUT2D eigenvalue weighted by Gasteiger charge is 2.19. The number of nitrogens with one attached hydrogen (secondary N) is 2. The van der Waals surface area contributed by atoms with Gasteiger partial charge >= 0.3 is 0 Å². The van der Waals surface area contributed by atoms with Gasteiger partial charge in [0, 0.05) is 40.1 Å². The summed E-state index contributed by atoms with van der Waals surface area (Å²) in [6.45, 7) is 3.83. The smallest absolute Gasteiger partial charge is 0.265 e. The van der Waals surface area contributed by atoms with Crippen LogP contribution < -0.4 is 11.1 Å². The Labute approximate surface area is 168 Å². The highest BCUT2D eigenvalue weighted by molar-refractivity contribution is 7.14. The second-order valence-electron chi connectivity index (χ2n) is 6.09. The van der Waals surface area contributed by atoms with E-state index in [4.69, 9.17) is 5.73 Å². The number of carbonyl (C=O) groups excluding carboxylic acids is 2. The predicted molar refractivity (Wildman–Crippen MR) is 109 cm³/mol. The predicted octanol–water partition coefficient (Wildman–Crippen LogP) is 3.35. The number of anilines is 1. The summed E-state index contributed by atoms with van der Waals surface area (Å²) in [7, 11) is 0. The molecule has 0 aliphatic carbocycles. The van der Waals surface area contributed by atoms with Crippen molar-refractivity contribution >= 4 is 39.6 Å². The molecule has 4 aromatic heterocycles. The van der Waals surface area contributed by atoms with Crippen LogP contribution in [-0.4, -0.2) is 31.3 Å². The summed E-state index contributed by atoms with van der Waals surface area (Å²) >= 11 is 2.82. The number of rotatable bonds is 5. The first-order chi connectivity index (χ1) is 13.4. The Kier molecular flexibility index (Phi) is 4.57. The molecule has 4 N–H and O–H groups in total. The van der Waals surface area contributed by atoms with Crippen LogP contribution in [0.1, 0.15) is 32.2 Å². The normalized spacial score (nSPS) is 10.9. The minimum absolute atomic E-state index is 0.233. The molecular weight excluding hydrogens is 396 g/mol. The van der Waals surface area contributed by atoms with E-state index in [0.717, 1.165) is 22.1 Å². The quantitative estimate of drug-likeness (QED) is 0.466. The van der Waals surface area contributed by atoms with Crippen LogP contribution in [0, 0.1) is 13.8 Å². The van der Waals surface area contributed by atoms with Crippen molar-refractivity contribution in [1.82, 2.24) is 19.5 Å². The highest BCUT2D eigenvalue weighted by Crippen LogP contribution is 2.27. The number of aryl methyl sites for hydroxylation is 1. The summed E-state index contributed by atoms with van der Waals surface area (Å²) in [6, 6.07) is 3.47. The molecule has 4 aromatic rings. The monoisotopic (exact) mass is 412 g/mol. The zero-order valence-corrected chi connectivity index (χ0v) is 16.6. The summed E-state index contributed by atoms with van der Waals surface area (Å²) in [4.78, 5) is 35.5. The van der Waals surface area contributed by atoms with Crippen molar-refractivity contribution in [2.75, 3.05) is 5.32 Å². The third-order valence-electron chi connectivity index (χ3n) is 4.26. The number of nitrogens with two attached hydrogens (primary N) is 1. The second kappa shape index (κ2) is 7.06. The number of primary amides is 1. The van der Waals surface area contributed by atoms with E-state index in [9.17, 15) is 9.59 Å². The molecule has 0 bridgehead atoms. The van der Waals surface area contributed by atoms with E-state index in [2.05, 4.69) is 20.3 Å². The minimum atomic E-state index is -0.536. The third kappa shape index (κ3) is 3.23. The second-order valence-corrected chi connectivity index (χ2v) is 7.82. The number of amides is 2. The largest absolute Gasteiger partial charge is 0.364 e. The molecule has 8 nitrogen and oxygen atoms in total. The highest BCUT2D eigenvalue weighted by atomic mass is 32.1. The molecule has 0 fully saturated rings. The molecule has 0 spiro atoms. The Hall–Kier alpha value is -3.24. The number of carbonyl (C=O) groups is 2. The van der Waals surface area contributed by atoms with Crippen molar-refractivity contribution in [2.24, 2.45) is 5.73 Å². The molecule has 2 amide bonds. The molecule has 4 heterocycles. The lowest BCUT2D eigenvalue weighted by molar-refractivity contribution is 0.0994. The molecule has 142 valence electrons. The fourth-order valence-corrected chi connectivity index (χ4v) is 4.39. The third-order valence-corrected chi connectivity index (χ3v) is 5.77. The summed E-state index contributed by atoms with van der Waals surface area (Å²) in [5.41, 5.74) is 9.26. The van der Waals surface area contributed by atoms with Crippen LogP contribution in [0.3, 0.4) is 0 Å². The summed E-state index contributed by atoms with van der Waals surface area (Å²) in [5, 5.41) is 7.84. The molecule has 0 saturated heterocycles. The Balaban J connectivity index is 1.56. The number of hydrogen-bond acceptors (Lipinski definition) is 6. The first kappa shape index (κ1) is 18.1. The average molecular weight is 413 g/mol. The molecule has 0 radical (unpaired) electrons. The van der Waals surface area contributed by atoms with Crippen LogP contribution in [0.25, 0.3) is 16.4 Å². The Morgan fingerprint density at radius 1 is 1.25 bits per heavy atom. The number of aromatic amines is 1. The summed E-state index contributed by atoms with van der Waals surface area (Å²) < 4.78 is 1.96. The van der Waals surface area contributed by atoms with Crippen LogP contribution in [-0.2, 0) is 0 Å². The molecule has 0 atom stereocenters. The van der Waals surface area contributed by atoms with E-state index in [1.165, 1.54) is 22.7 Å². The topological polar surface area (TPSA) is 119 Å². The fraction of sp³-hybridized carbons (Fsp3) is 0.111. The van der Waals surface area contributed by atoms with Crippen LogP contribution in [0.4, 0.5) is 5.13 Å². The molecule has 0 aromatic carbocycles. The van der Waals surface area contributed by atoms with Gasteiger partial charge in [0.2, 0.25) is 0 Å². The molecule has 0 unspecified atom stereocenters. The summed E-state index contributed by atoms with van der Waals surface area (Å²) in [5.74, 6) is -0.769. The Morgan fingerprint density at radius 2 is 2.07 bits per heavy atom. The molecule has 0 aliphatic rings. The lowest BCUT2D eigenvalue weighted by Crippen LogP contribution is -2.13. The van der Waals surface area contributed by atoms with Crippen LogP contribution >= 0.6 is 22.7 Å². The zero-order valence-electron chi connectivity index (χ0n) is 15.0. The number of thiazole rings is 2. The minimum Gasteiger partial charge on any atom is -0.364 e. The van der Waals surface area contributed by atoms with Crippen molar-refractivity contribution in [3.63, 3.8) is 0 Å². The first-order valence-corrected chi connectivity index (χ1v) is 10.0. The molecule has 0 aliphatic heterocycles. The molecule has 28 heavy (non-hydrogen) atoms. The van der Waals surface area contributed by atoms with Gasteiger partial charge in [0.1, 0.15) is 5.69 Å². The van der Waals surface area contributed by atoms with Crippen molar-refractivity contribution < 1.29 is 9.59 Å². The summed E-state index contributed by atoms with van der Waals surface area (Å²) in [6.07, 6.45) is 3.39. The Bertz CT molecular complexity index is 1170. The maximum absolute atomic E-state index is 12.8. The van der Waals surface area contributed by atoms with Crippen molar-refractivity contribution in [3.8, 4) is 16.4 Å². The maximum Gasteiger partial charge on any atom is 0.265 e. The van der Waals surface area contributed by atoms with Gasteiger partial charge in [-0.1, -0.05) is 0 Å².